The number of hydrogen-bond acceptors (Lipinski definition) is 1. The van der Waals surface area contributed by atoms with Crippen molar-refractivity contribution >= 4 is 6.08 Å². The van der Waals surface area contributed by atoms with Gasteiger partial charge in [0.1, 0.15) is 0 Å². The fraction of sp³-hybridized carbons (Fsp3) is 0.529. The van der Waals surface area contributed by atoms with Gasteiger partial charge in [-0.1, -0.05) is 56.7 Å². The van der Waals surface area contributed by atoms with Crippen molar-refractivity contribution in [1.82, 2.24) is 5.32 Å². The summed E-state index contributed by atoms with van der Waals surface area (Å²) >= 11 is 0. The van der Waals surface area contributed by atoms with Crippen LogP contribution in [0.2, 0.25) is 0 Å². The van der Waals surface area contributed by atoms with Crippen molar-refractivity contribution in [1.29, 1.82) is 0 Å². The lowest BCUT2D eigenvalue weighted by molar-refractivity contribution is 0.617. The molecule has 1 saturated carbocycles. The van der Waals surface area contributed by atoms with E-state index >= 15 is 0 Å². The van der Waals surface area contributed by atoms with Crippen molar-refractivity contribution in [2.75, 3.05) is 6.54 Å². The van der Waals surface area contributed by atoms with E-state index in [9.17, 15) is 0 Å². The van der Waals surface area contributed by atoms with Crippen molar-refractivity contribution in [3.63, 3.8) is 0 Å². The molecule has 1 aliphatic rings. The molecule has 1 heteroatoms. The first-order valence-electron chi connectivity index (χ1n) is 7.22. The molecule has 1 aromatic rings. The smallest absolute Gasteiger partial charge is 0.0170 e. The van der Waals surface area contributed by atoms with Crippen LogP contribution >= 0.6 is 0 Å². The summed E-state index contributed by atoms with van der Waals surface area (Å²) in [7, 11) is 0. The second-order valence-electron chi connectivity index (χ2n) is 5.64. The Bertz CT molecular complexity index is 413. The molecule has 0 heterocycles. The van der Waals surface area contributed by atoms with Gasteiger partial charge in [-0.3, -0.25) is 0 Å². The average Bonchev–Trinajstić information content (AvgIpc) is 3.19. The Morgan fingerprint density at radius 1 is 1.39 bits per heavy atom. The fourth-order valence-corrected chi connectivity index (χ4v) is 2.17. The summed E-state index contributed by atoms with van der Waals surface area (Å²) in [6.07, 6.45) is 6.22. The van der Waals surface area contributed by atoms with E-state index in [0.717, 1.165) is 18.9 Å². The molecule has 98 valence electrons. The number of rotatable bonds is 6. The summed E-state index contributed by atoms with van der Waals surface area (Å²) in [6.45, 7) is 7.63. The number of benzene rings is 1. The van der Waals surface area contributed by atoms with Crippen LogP contribution in [0.4, 0.5) is 0 Å². The Kier molecular flexibility index (Phi) is 4.60. The fourth-order valence-electron chi connectivity index (χ4n) is 2.17. The summed E-state index contributed by atoms with van der Waals surface area (Å²) in [4.78, 5) is 0. The van der Waals surface area contributed by atoms with E-state index in [-0.39, 0.29) is 0 Å². The first-order chi connectivity index (χ1) is 8.69. The third-order valence-electron chi connectivity index (χ3n) is 3.52. The van der Waals surface area contributed by atoms with Gasteiger partial charge in [0, 0.05) is 12.6 Å². The third kappa shape index (κ3) is 3.99. The van der Waals surface area contributed by atoms with Crippen LogP contribution in [0.3, 0.4) is 0 Å². The van der Waals surface area contributed by atoms with Gasteiger partial charge in [0.2, 0.25) is 0 Å². The largest absolute Gasteiger partial charge is 0.311 e. The van der Waals surface area contributed by atoms with Gasteiger partial charge in [-0.25, -0.2) is 0 Å². The molecule has 1 fully saturated rings. The molecule has 1 nitrogen and oxygen atoms in total. The van der Waals surface area contributed by atoms with Gasteiger partial charge in [-0.2, -0.15) is 0 Å². The second kappa shape index (κ2) is 6.19. The van der Waals surface area contributed by atoms with E-state index in [1.54, 1.807) is 0 Å². The van der Waals surface area contributed by atoms with Gasteiger partial charge in [-0.05, 0) is 36.3 Å². The molecule has 0 unspecified atom stereocenters. The molecule has 0 amide bonds. The Labute approximate surface area is 111 Å². The quantitative estimate of drug-likeness (QED) is 0.783. The van der Waals surface area contributed by atoms with E-state index in [1.165, 1.54) is 29.5 Å². The Hall–Kier alpha value is -1.08. The molecule has 0 spiro atoms. The zero-order valence-electron chi connectivity index (χ0n) is 11.9. The zero-order chi connectivity index (χ0) is 13.0. The van der Waals surface area contributed by atoms with E-state index < -0.39 is 0 Å². The lowest BCUT2D eigenvalue weighted by Gasteiger charge is -2.10. The normalized spacial score (nSPS) is 16.3. The molecule has 0 aliphatic heterocycles. The molecule has 2 rings (SSSR count). The molecule has 0 atom stereocenters. The molecule has 18 heavy (non-hydrogen) atoms. The first-order valence-corrected chi connectivity index (χ1v) is 7.22. The van der Waals surface area contributed by atoms with E-state index in [4.69, 9.17) is 0 Å². The lowest BCUT2D eigenvalue weighted by atomic mass is 10.0. The van der Waals surface area contributed by atoms with Crippen LogP contribution in [-0.4, -0.2) is 12.6 Å². The van der Waals surface area contributed by atoms with Crippen molar-refractivity contribution in [3.05, 3.63) is 41.0 Å². The van der Waals surface area contributed by atoms with Gasteiger partial charge in [0.25, 0.3) is 0 Å². The monoisotopic (exact) mass is 243 g/mol. The van der Waals surface area contributed by atoms with Crippen LogP contribution in [0.25, 0.3) is 6.08 Å². The maximum absolute atomic E-state index is 3.50. The minimum atomic E-state index is 0.553. The summed E-state index contributed by atoms with van der Waals surface area (Å²) < 4.78 is 0. The molecule has 0 saturated heterocycles. The molecule has 0 aromatic heterocycles. The summed E-state index contributed by atoms with van der Waals surface area (Å²) in [5.41, 5.74) is 4.37. The number of hydrogen-bond donors (Lipinski definition) is 1. The minimum Gasteiger partial charge on any atom is -0.311 e. The van der Waals surface area contributed by atoms with Crippen molar-refractivity contribution in [3.8, 4) is 0 Å². The van der Waals surface area contributed by atoms with Crippen molar-refractivity contribution in [2.45, 2.75) is 52.0 Å². The van der Waals surface area contributed by atoms with Gasteiger partial charge >= 0.3 is 0 Å². The highest BCUT2D eigenvalue weighted by Gasteiger charge is 2.23. The van der Waals surface area contributed by atoms with Gasteiger partial charge < -0.3 is 5.32 Å². The molecule has 1 N–H and O–H groups in total. The van der Waals surface area contributed by atoms with Crippen LogP contribution in [0, 0.1) is 0 Å². The third-order valence-corrected chi connectivity index (χ3v) is 3.52. The van der Waals surface area contributed by atoms with Gasteiger partial charge in [0.05, 0.1) is 0 Å². The van der Waals surface area contributed by atoms with Crippen LogP contribution in [0.5, 0.6) is 0 Å². The predicted molar refractivity (Wildman–Crippen MR) is 79.8 cm³/mol. The average molecular weight is 243 g/mol. The maximum Gasteiger partial charge on any atom is 0.0170 e. The van der Waals surface area contributed by atoms with Gasteiger partial charge in [-0.15, -0.1) is 0 Å². The number of nitrogens with one attached hydrogen (secondary N) is 1. The van der Waals surface area contributed by atoms with E-state index in [0.29, 0.717) is 6.04 Å². The molecule has 0 bridgehead atoms. The summed E-state index contributed by atoms with van der Waals surface area (Å²) in [6, 6.07) is 9.60. The van der Waals surface area contributed by atoms with Gasteiger partial charge in [0.15, 0.2) is 0 Å². The van der Waals surface area contributed by atoms with E-state index in [1.807, 2.05) is 0 Å². The summed E-state index contributed by atoms with van der Waals surface area (Å²) in [5.74, 6) is 0.845. The Balaban J connectivity index is 2.06. The second-order valence-corrected chi connectivity index (χ2v) is 5.64. The zero-order valence-corrected chi connectivity index (χ0v) is 11.9. The van der Waals surface area contributed by atoms with Crippen LogP contribution in [0.1, 0.15) is 57.1 Å². The first kappa shape index (κ1) is 13.4. The van der Waals surface area contributed by atoms with Crippen LogP contribution < -0.4 is 5.32 Å². The van der Waals surface area contributed by atoms with Crippen molar-refractivity contribution in [2.24, 2.45) is 0 Å². The van der Waals surface area contributed by atoms with Crippen LogP contribution in [0.15, 0.2) is 29.8 Å². The molecular weight excluding hydrogens is 218 g/mol. The standard InChI is InChI=1S/C17H25N/c1-4-14(12-18-13(2)3)10-15-6-5-7-17(11-15)16-8-9-16/h5-7,10-11,13,16,18H,4,8-9,12H2,1-3H3. The molecule has 0 radical (unpaired) electrons. The lowest BCUT2D eigenvalue weighted by Crippen LogP contribution is -2.24. The SMILES string of the molecule is CCC(=Cc1cccc(C2CC2)c1)CNC(C)C. The van der Waals surface area contributed by atoms with E-state index in [2.05, 4.69) is 56.4 Å². The Morgan fingerprint density at radius 2 is 2.17 bits per heavy atom. The van der Waals surface area contributed by atoms with Crippen molar-refractivity contribution < 1.29 is 0 Å². The highest BCUT2D eigenvalue weighted by molar-refractivity contribution is 5.54. The Morgan fingerprint density at radius 3 is 2.78 bits per heavy atom. The highest BCUT2D eigenvalue weighted by Crippen LogP contribution is 2.40. The summed E-state index contributed by atoms with van der Waals surface area (Å²) in [5, 5.41) is 3.50. The molecule has 1 aromatic carbocycles. The minimum absolute atomic E-state index is 0.553. The molecular formula is C17H25N. The maximum atomic E-state index is 3.50. The topological polar surface area (TPSA) is 12.0 Å². The van der Waals surface area contributed by atoms with Crippen LogP contribution in [-0.2, 0) is 0 Å². The highest BCUT2D eigenvalue weighted by atomic mass is 14.9. The predicted octanol–water partition coefficient (Wildman–Crippen LogP) is 4.36. The molecule has 1 aliphatic carbocycles.